The average Bonchev–Trinajstić information content (AvgIpc) is 3.14. The third kappa shape index (κ3) is 4.60. The highest BCUT2D eigenvalue weighted by Gasteiger charge is 2.20. The number of carbonyl (C=O) groups excluding carboxylic acids is 1. The number of rotatable bonds is 7. The van der Waals surface area contributed by atoms with E-state index in [4.69, 9.17) is 10.2 Å². The zero-order chi connectivity index (χ0) is 18.4. The second kappa shape index (κ2) is 8.15. The van der Waals surface area contributed by atoms with Gasteiger partial charge in [-0.2, -0.15) is 0 Å². The van der Waals surface area contributed by atoms with Crippen LogP contribution in [0.3, 0.4) is 0 Å². The fourth-order valence-electron chi connectivity index (χ4n) is 2.78. The van der Waals surface area contributed by atoms with Gasteiger partial charge in [-0.05, 0) is 17.7 Å². The van der Waals surface area contributed by atoms with Crippen LogP contribution in [0.15, 0.2) is 64.0 Å². The second-order valence-corrected chi connectivity index (χ2v) is 5.90. The number of furan rings is 1. The predicted octanol–water partition coefficient (Wildman–Crippen LogP) is 1.83. The van der Waals surface area contributed by atoms with Crippen molar-refractivity contribution in [2.75, 3.05) is 12.3 Å². The van der Waals surface area contributed by atoms with Crippen LogP contribution in [0, 0.1) is 0 Å². The number of aromatic nitrogens is 2. The minimum Gasteiger partial charge on any atom is -0.469 e. The Morgan fingerprint density at radius 1 is 1.23 bits per heavy atom. The third-order valence-electron chi connectivity index (χ3n) is 3.97. The summed E-state index contributed by atoms with van der Waals surface area (Å²) in [6.45, 7) is 0.352. The van der Waals surface area contributed by atoms with Gasteiger partial charge in [0.05, 0.1) is 12.2 Å². The first kappa shape index (κ1) is 17.5. The summed E-state index contributed by atoms with van der Waals surface area (Å²) in [7, 11) is 0. The van der Waals surface area contributed by atoms with Crippen LogP contribution in [0.2, 0.25) is 0 Å². The maximum Gasteiger partial charge on any atom is 0.252 e. The molecule has 1 amide bonds. The van der Waals surface area contributed by atoms with Crippen LogP contribution >= 0.6 is 0 Å². The lowest BCUT2D eigenvalue weighted by molar-refractivity contribution is -0.121. The summed E-state index contributed by atoms with van der Waals surface area (Å²) in [6, 6.07) is 14.6. The quantitative estimate of drug-likeness (QED) is 0.600. The summed E-state index contributed by atoms with van der Waals surface area (Å²) < 4.78 is 5.51. The van der Waals surface area contributed by atoms with E-state index in [0.29, 0.717) is 18.8 Å². The number of nitrogens with zero attached hydrogens (tertiary/aromatic N) is 1. The molecular weight excluding hydrogens is 332 g/mol. The highest BCUT2D eigenvalue weighted by Crippen LogP contribution is 2.28. The third-order valence-corrected chi connectivity index (χ3v) is 3.97. The summed E-state index contributed by atoms with van der Waals surface area (Å²) >= 11 is 0. The molecular formula is C19H20N4O3. The fourth-order valence-corrected chi connectivity index (χ4v) is 2.78. The summed E-state index contributed by atoms with van der Waals surface area (Å²) in [4.78, 5) is 30.4. The molecule has 0 aliphatic carbocycles. The van der Waals surface area contributed by atoms with E-state index in [1.165, 1.54) is 6.07 Å². The monoisotopic (exact) mass is 352 g/mol. The number of nitrogens with one attached hydrogen (secondary N) is 2. The van der Waals surface area contributed by atoms with Gasteiger partial charge >= 0.3 is 0 Å². The molecule has 0 aliphatic heterocycles. The number of aromatic amines is 1. The van der Waals surface area contributed by atoms with Crippen molar-refractivity contribution < 1.29 is 9.21 Å². The number of amides is 1. The number of hydrogen-bond donors (Lipinski definition) is 3. The zero-order valence-electron chi connectivity index (χ0n) is 14.1. The Hall–Kier alpha value is -3.35. The van der Waals surface area contributed by atoms with Gasteiger partial charge in [0, 0.05) is 25.5 Å². The van der Waals surface area contributed by atoms with E-state index in [-0.39, 0.29) is 29.6 Å². The maximum atomic E-state index is 12.4. The Morgan fingerprint density at radius 2 is 2.04 bits per heavy atom. The number of anilines is 1. The first-order chi connectivity index (χ1) is 12.6. The van der Waals surface area contributed by atoms with Gasteiger partial charge < -0.3 is 20.5 Å². The van der Waals surface area contributed by atoms with Crippen LogP contribution < -0.4 is 16.6 Å². The molecule has 0 saturated heterocycles. The van der Waals surface area contributed by atoms with Crippen molar-refractivity contribution in [2.24, 2.45) is 0 Å². The lowest BCUT2D eigenvalue weighted by Crippen LogP contribution is -2.28. The lowest BCUT2D eigenvalue weighted by Gasteiger charge is -2.15. The Morgan fingerprint density at radius 3 is 2.73 bits per heavy atom. The molecule has 2 heterocycles. The first-order valence-corrected chi connectivity index (χ1v) is 8.32. The van der Waals surface area contributed by atoms with Gasteiger partial charge in [0.25, 0.3) is 5.56 Å². The summed E-state index contributed by atoms with van der Waals surface area (Å²) in [5.41, 5.74) is 6.26. The molecule has 3 rings (SSSR count). The minimum atomic E-state index is -0.305. The standard InChI is InChI=1S/C19H20N4O3/c20-16-12-19(25)23-17(22-16)8-9-21-18(24)11-14(15-7-4-10-26-15)13-5-2-1-3-6-13/h1-7,10,12,14H,8-9,11H2,(H,21,24)(H3,20,22,23,25). The Bertz CT molecular complexity index is 904. The van der Waals surface area contributed by atoms with E-state index in [1.807, 2.05) is 42.5 Å². The number of H-pyrrole nitrogens is 1. The van der Waals surface area contributed by atoms with Gasteiger partial charge in [-0.25, -0.2) is 4.98 Å². The molecule has 0 aliphatic rings. The van der Waals surface area contributed by atoms with E-state index in [1.54, 1.807) is 6.26 Å². The molecule has 4 N–H and O–H groups in total. The molecule has 0 saturated carbocycles. The van der Waals surface area contributed by atoms with Crippen molar-refractivity contribution in [3.63, 3.8) is 0 Å². The Kier molecular flexibility index (Phi) is 5.48. The van der Waals surface area contributed by atoms with Crippen LogP contribution in [0.4, 0.5) is 5.82 Å². The van der Waals surface area contributed by atoms with Crippen molar-refractivity contribution >= 4 is 11.7 Å². The van der Waals surface area contributed by atoms with Crippen LogP contribution in [0.25, 0.3) is 0 Å². The number of nitrogen functional groups attached to an aromatic ring is 1. The van der Waals surface area contributed by atoms with Gasteiger partial charge in [0.1, 0.15) is 17.4 Å². The summed E-state index contributed by atoms with van der Waals surface area (Å²) in [5, 5.41) is 2.85. The predicted molar refractivity (Wildman–Crippen MR) is 97.6 cm³/mol. The largest absolute Gasteiger partial charge is 0.469 e. The lowest BCUT2D eigenvalue weighted by atomic mass is 9.93. The average molecular weight is 352 g/mol. The summed E-state index contributed by atoms with van der Waals surface area (Å²) in [6.07, 6.45) is 2.26. The van der Waals surface area contributed by atoms with E-state index >= 15 is 0 Å². The van der Waals surface area contributed by atoms with Gasteiger partial charge in [-0.1, -0.05) is 30.3 Å². The number of hydrogen-bond acceptors (Lipinski definition) is 5. The molecule has 7 nitrogen and oxygen atoms in total. The maximum absolute atomic E-state index is 12.4. The molecule has 3 aromatic rings. The first-order valence-electron chi connectivity index (χ1n) is 8.32. The topological polar surface area (TPSA) is 114 Å². The molecule has 1 unspecified atom stereocenters. The molecule has 0 fully saturated rings. The van der Waals surface area contributed by atoms with Gasteiger partial charge in [-0.15, -0.1) is 0 Å². The fraction of sp³-hybridized carbons (Fsp3) is 0.211. The van der Waals surface area contributed by atoms with Gasteiger partial charge in [0.2, 0.25) is 5.91 Å². The highest BCUT2D eigenvalue weighted by atomic mass is 16.3. The molecule has 1 aromatic carbocycles. The molecule has 134 valence electrons. The SMILES string of the molecule is Nc1cc(=O)[nH]c(CCNC(=O)CC(c2ccccc2)c2ccco2)n1. The van der Waals surface area contributed by atoms with Crippen molar-refractivity contribution in [1.82, 2.24) is 15.3 Å². The molecule has 0 radical (unpaired) electrons. The molecule has 2 aromatic heterocycles. The smallest absolute Gasteiger partial charge is 0.252 e. The van der Waals surface area contributed by atoms with E-state index < -0.39 is 0 Å². The molecule has 1 atom stereocenters. The Balaban J connectivity index is 1.61. The molecule has 0 bridgehead atoms. The van der Waals surface area contributed by atoms with E-state index in [9.17, 15) is 9.59 Å². The molecule has 26 heavy (non-hydrogen) atoms. The number of benzene rings is 1. The normalized spacial score (nSPS) is 11.8. The number of nitrogens with two attached hydrogens (primary N) is 1. The van der Waals surface area contributed by atoms with E-state index in [2.05, 4.69) is 15.3 Å². The van der Waals surface area contributed by atoms with Crippen molar-refractivity contribution in [3.8, 4) is 0 Å². The van der Waals surface area contributed by atoms with E-state index in [0.717, 1.165) is 11.3 Å². The highest BCUT2D eigenvalue weighted by molar-refractivity contribution is 5.77. The second-order valence-electron chi connectivity index (χ2n) is 5.90. The van der Waals surface area contributed by atoms with Crippen molar-refractivity contribution in [2.45, 2.75) is 18.8 Å². The Labute approximate surface area is 150 Å². The zero-order valence-corrected chi connectivity index (χ0v) is 14.1. The minimum absolute atomic E-state index is 0.110. The van der Waals surface area contributed by atoms with Crippen LogP contribution in [-0.4, -0.2) is 22.4 Å². The van der Waals surface area contributed by atoms with Crippen LogP contribution in [0.5, 0.6) is 0 Å². The van der Waals surface area contributed by atoms with Crippen molar-refractivity contribution in [3.05, 3.63) is 82.3 Å². The van der Waals surface area contributed by atoms with Crippen molar-refractivity contribution in [1.29, 1.82) is 0 Å². The molecule has 7 heteroatoms. The van der Waals surface area contributed by atoms with Crippen LogP contribution in [0.1, 0.15) is 29.5 Å². The number of carbonyl (C=O) groups is 1. The van der Waals surface area contributed by atoms with Gasteiger partial charge in [-0.3, -0.25) is 9.59 Å². The summed E-state index contributed by atoms with van der Waals surface area (Å²) in [5.74, 6) is 1.09. The van der Waals surface area contributed by atoms with Crippen LogP contribution in [-0.2, 0) is 11.2 Å². The molecule has 0 spiro atoms. The van der Waals surface area contributed by atoms with Gasteiger partial charge in [0.15, 0.2) is 0 Å².